The number of Topliss-reactive ketones (excluding diaryl/α,β-unsaturated/α-hetero) is 1. The number of carbonyl (C=O) groups is 2. The normalized spacial score (nSPS) is 10.4. The smallest absolute Gasteiger partial charge is 0.379 e. The van der Waals surface area contributed by atoms with Crippen molar-refractivity contribution in [3.8, 4) is 5.75 Å². The van der Waals surface area contributed by atoms with E-state index in [-0.39, 0.29) is 5.56 Å². The van der Waals surface area contributed by atoms with Crippen LogP contribution in [0.4, 0.5) is 0 Å². The highest BCUT2D eigenvalue weighted by molar-refractivity contribution is 6.40. The number of hydrogen-bond acceptors (Lipinski definition) is 5. The number of para-hydroxylation sites is 1. The number of ketones is 1. The van der Waals surface area contributed by atoms with Gasteiger partial charge in [-0.15, -0.1) is 0 Å². The molecule has 0 aliphatic carbocycles. The van der Waals surface area contributed by atoms with Gasteiger partial charge < -0.3 is 9.47 Å². The summed E-state index contributed by atoms with van der Waals surface area (Å²) in [6.45, 7) is 0.315. The predicted octanol–water partition coefficient (Wildman–Crippen LogP) is 3.17. The first-order chi connectivity index (χ1) is 11.7. The minimum Gasteiger partial charge on any atom is -0.487 e. The third-order valence-electron chi connectivity index (χ3n) is 3.53. The molecule has 120 valence electrons. The second-order valence-electron chi connectivity index (χ2n) is 5.13. The largest absolute Gasteiger partial charge is 0.487 e. The Hall–Kier alpha value is -3.21. The van der Waals surface area contributed by atoms with Gasteiger partial charge in [0.15, 0.2) is 0 Å². The van der Waals surface area contributed by atoms with E-state index in [1.54, 1.807) is 12.1 Å². The number of carbonyl (C=O) groups excluding carboxylic acids is 2. The first-order valence-corrected chi connectivity index (χ1v) is 7.37. The minimum atomic E-state index is -0.885. The first-order valence-electron chi connectivity index (χ1n) is 7.37. The van der Waals surface area contributed by atoms with Crippen LogP contribution in [0.2, 0.25) is 0 Å². The lowest BCUT2D eigenvalue weighted by Crippen LogP contribution is -2.15. The number of aromatic nitrogens is 1. The number of rotatable bonds is 5. The molecular weight excluding hydrogens is 306 g/mol. The van der Waals surface area contributed by atoms with E-state index in [0.29, 0.717) is 12.4 Å². The van der Waals surface area contributed by atoms with Crippen molar-refractivity contribution in [3.05, 3.63) is 71.9 Å². The molecule has 0 saturated heterocycles. The number of hydrogen-bond donors (Lipinski definition) is 0. The van der Waals surface area contributed by atoms with Gasteiger partial charge in [0.2, 0.25) is 0 Å². The van der Waals surface area contributed by atoms with Crippen LogP contribution < -0.4 is 4.74 Å². The van der Waals surface area contributed by atoms with Crippen molar-refractivity contribution < 1.29 is 19.1 Å². The molecule has 5 nitrogen and oxygen atoms in total. The molecule has 2 aromatic carbocycles. The zero-order valence-corrected chi connectivity index (χ0v) is 13.1. The Balaban J connectivity index is 1.67. The monoisotopic (exact) mass is 321 g/mol. The van der Waals surface area contributed by atoms with Gasteiger partial charge in [0, 0.05) is 10.9 Å². The molecule has 1 heterocycles. The molecule has 24 heavy (non-hydrogen) atoms. The second-order valence-corrected chi connectivity index (χ2v) is 5.13. The summed E-state index contributed by atoms with van der Waals surface area (Å²) in [5.74, 6) is -0.976. The lowest BCUT2D eigenvalue weighted by atomic mass is 10.1. The van der Waals surface area contributed by atoms with Crippen molar-refractivity contribution in [2.75, 3.05) is 7.11 Å². The van der Waals surface area contributed by atoms with E-state index in [0.717, 1.165) is 16.6 Å². The Labute approximate surface area is 138 Å². The number of nitrogens with zero attached hydrogens (tertiary/aromatic N) is 1. The molecule has 3 aromatic rings. The maximum Gasteiger partial charge on any atom is 0.379 e. The van der Waals surface area contributed by atoms with Gasteiger partial charge in [-0.05, 0) is 36.4 Å². The van der Waals surface area contributed by atoms with Crippen LogP contribution in [0, 0.1) is 0 Å². The lowest BCUT2D eigenvalue weighted by molar-refractivity contribution is -0.135. The number of esters is 1. The van der Waals surface area contributed by atoms with Gasteiger partial charge >= 0.3 is 5.97 Å². The van der Waals surface area contributed by atoms with Gasteiger partial charge in [-0.2, -0.15) is 0 Å². The highest BCUT2D eigenvalue weighted by Gasteiger charge is 2.16. The summed E-state index contributed by atoms with van der Waals surface area (Å²) in [7, 11) is 1.17. The van der Waals surface area contributed by atoms with Crippen molar-refractivity contribution in [3.63, 3.8) is 0 Å². The Morgan fingerprint density at radius 1 is 0.958 bits per heavy atom. The second kappa shape index (κ2) is 6.91. The van der Waals surface area contributed by atoms with E-state index in [4.69, 9.17) is 4.74 Å². The average molecular weight is 321 g/mol. The fourth-order valence-electron chi connectivity index (χ4n) is 2.26. The number of fused-ring (bicyclic) bond motifs is 1. The Bertz CT molecular complexity index is 887. The quantitative estimate of drug-likeness (QED) is 0.410. The molecule has 0 bridgehead atoms. The van der Waals surface area contributed by atoms with Crippen molar-refractivity contribution in [2.45, 2.75) is 6.61 Å². The Morgan fingerprint density at radius 3 is 2.46 bits per heavy atom. The van der Waals surface area contributed by atoms with Crippen molar-refractivity contribution in [2.24, 2.45) is 0 Å². The molecule has 0 saturated carbocycles. The summed E-state index contributed by atoms with van der Waals surface area (Å²) in [4.78, 5) is 27.4. The summed E-state index contributed by atoms with van der Waals surface area (Å²) in [5.41, 5.74) is 1.99. The molecule has 0 fully saturated rings. The molecule has 3 rings (SSSR count). The molecule has 0 N–H and O–H groups in total. The molecule has 1 aromatic heterocycles. The van der Waals surface area contributed by atoms with Gasteiger partial charge in [0.1, 0.15) is 12.4 Å². The van der Waals surface area contributed by atoms with Crippen molar-refractivity contribution >= 4 is 22.7 Å². The first kappa shape index (κ1) is 15.7. The average Bonchev–Trinajstić information content (AvgIpc) is 2.65. The fraction of sp³-hybridized carbons (Fsp3) is 0.105. The molecule has 0 aliphatic rings. The van der Waals surface area contributed by atoms with E-state index in [2.05, 4.69) is 9.72 Å². The molecule has 5 heteroatoms. The summed E-state index contributed by atoms with van der Waals surface area (Å²) < 4.78 is 10.1. The SMILES string of the molecule is COC(=O)C(=O)c1ccc(OCc2ccc3ccccc3n2)cc1. The molecular formula is C19H15NO4. The number of ether oxygens (including phenoxy) is 2. The Morgan fingerprint density at radius 2 is 1.71 bits per heavy atom. The molecule has 0 atom stereocenters. The van der Waals surface area contributed by atoms with Gasteiger partial charge in [0.25, 0.3) is 5.78 Å². The van der Waals surface area contributed by atoms with Crippen molar-refractivity contribution in [1.82, 2.24) is 4.98 Å². The van der Waals surface area contributed by atoms with Crippen LogP contribution in [0.3, 0.4) is 0 Å². The molecule has 0 spiro atoms. The summed E-state index contributed by atoms with van der Waals surface area (Å²) in [6.07, 6.45) is 0. The maximum atomic E-state index is 11.7. The fourth-order valence-corrected chi connectivity index (χ4v) is 2.26. The van der Waals surface area contributed by atoms with Crippen LogP contribution in [0.15, 0.2) is 60.7 Å². The molecule has 0 radical (unpaired) electrons. The zero-order chi connectivity index (χ0) is 16.9. The van der Waals surface area contributed by atoms with Gasteiger partial charge in [0.05, 0.1) is 18.3 Å². The summed E-state index contributed by atoms with van der Waals surface area (Å²) >= 11 is 0. The molecule has 0 unspecified atom stereocenters. The number of pyridine rings is 1. The van der Waals surface area contributed by atoms with E-state index < -0.39 is 11.8 Å². The molecule has 0 amide bonds. The third-order valence-corrected chi connectivity index (χ3v) is 3.53. The topological polar surface area (TPSA) is 65.5 Å². The van der Waals surface area contributed by atoms with Crippen LogP contribution in [0.1, 0.15) is 16.1 Å². The number of methoxy groups -OCH3 is 1. The predicted molar refractivity (Wildman–Crippen MR) is 88.9 cm³/mol. The number of benzene rings is 2. The van der Waals surface area contributed by atoms with Crippen molar-refractivity contribution in [1.29, 1.82) is 0 Å². The molecule has 0 aliphatic heterocycles. The Kier molecular flexibility index (Phi) is 4.52. The minimum absolute atomic E-state index is 0.262. The van der Waals surface area contributed by atoms with Crippen LogP contribution in [-0.4, -0.2) is 23.8 Å². The lowest BCUT2D eigenvalue weighted by Gasteiger charge is -2.07. The highest BCUT2D eigenvalue weighted by atomic mass is 16.5. The summed E-state index contributed by atoms with van der Waals surface area (Å²) in [5, 5.41) is 1.08. The van der Waals surface area contributed by atoms with Gasteiger partial charge in [-0.1, -0.05) is 24.3 Å². The maximum absolute atomic E-state index is 11.7. The van der Waals surface area contributed by atoms with E-state index in [9.17, 15) is 9.59 Å². The summed E-state index contributed by atoms with van der Waals surface area (Å²) in [6, 6.07) is 18.1. The van der Waals surface area contributed by atoms with Gasteiger partial charge in [-0.3, -0.25) is 4.79 Å². The van der Waals surface area contributed by atoms with Gasteiger partial charge in [-0.25, -0.2) is 9.78 Å². The zero-order valence-electron chi connectivity index (χ0n) is 13.1. The van der Waals surface area contributed by atoms with Crippen LogP contribution in [0.5, 0.6) is 5.75 Å². The third kappa shape index (κ3) is 3.41. The standard InChI is InChI=1S/C19H15NO4/c1-23-19(22)18(21)14-7-10-16(11-8-14)24-12-15-9-6-13-4-2-3-5-17(13)20-15/h2-11H,12H2,1H3. The van der Waals surface area contributed by atoms with E-state index >= 15 is 0 Å². The van der Waals surface area contributed by atoms with Crippen LogP contribution >= 0.6 is 0 Å². The van der Waals surface area contributed by atoms with E-state index in [1.807, 2.05) is 36.4 Å². The van der Waals surface area contributed by atoms with Crippen LogP contribution in [0.25, 0.3) is 10.9 Å². The highest BCUT2D eigenvalue weighted by Crippen LogP contribution is 2.16. The van der Waals surface area contributed by atoms with E-state index in [1.165, 1.54) is 19.2 Å². The van der Waals surface area contributed by atoms with Crippen LogP contribution in [-0.2, 0) is 16.1 Å².